The fourth-order valence-corrected chi connectivity index (χ4v) is 1.97. The van der Waals surface area contributed by atoms with Gasteiger partial charge >= 0.3 is 5.97 Å². The zero-order valence-corrected chi connectivity index (χ0v) is 9.15. The first-order valence-electron chi connectivity index (χ1n) is 4.65. The van der Waals surface area contributed by atoms with Gasteiger partial charge in [-0.25, -0.2) is 4.79 Å². The van der Waals surface area contributed by atoms with Gasteiger partial charge in [0.25, 0.3) is 0 Å². The number of aliphatic carboxylic acids is 1. The number of pyridine rings is 1. The molecule has 4 heteroatoms. The average molecular weight is 231 g/mol. The van der Waals surface area contributed by atoms with E-state index in [0.717, 1.165) is 11.1 Å². The van der Waals surface area contributed by atoms with E-state index in [-0.39, 0.29) is 5.57 Å². The minimum Gasteiger partial charge on any atom is -0.478 e. The lowest BCUT2D eigenvalue weighted by molar-refractivity contribution is -0.130. The Morgan fingerprint density at radius 1 is 1.44 bits per heavy atom. The van der Waals surface area contributed by atoms with Gasteiger partial charge in [0, 0.05) is 12.4 Å². The number of carbonyl (C=O) groups is 1. The monoisotopic (exact) mass is 231 g/mol. The van der Waals surface area contributed by atoms with Crippen LogP contribution in [0.1, 0.15) is 11.1 Å². The molecule has 0 aliphatic rings. The van der Waals surface area contributed by atoms with Crippen LogP contribution in [0.25, 0.3) is 11.6 Å². The summed E-state index contributed by atoms with van der Waals surface area (Å²) in [4.78, 5) is 15.1. The number of nitrogens with zero attached hydrogens (tertiary/aromatic N) is 1. The molecule has 0 spiro atoms. The van der Waals surface area contributed by atoms with Gasteiger partial charge in [-0.2, -0.15) is 11.3 Å². The Labute approximate surface area is 96.7 Å². The predicted molar refractivity (Wildman–Crippen MR) is 64.1 cm³/mol. The molecule has 2 aromatic heterocycles. The van der Waals surface area contributed by atoms with Crippen molar-refractivity contribution in [2.45, 2.75) is 0 Å². The Bertz CT molecular complexity index is 503. The second-order valence-electron chi connectivity index (χ2n) is 3.16. The van der Waals surface area contributed by atoms with Crippen LogP contribution < -0.4 is 0 Å². The van der Waals surface area contributed by atoms with E-state index in [0.29, 0.717) is 0 Å². The number of rotatable bonds is 3. The molecule has 3 nitrogen and oxygen atoms in total. The van der Waals surface area contributed by atoms with Gasteiger partial charge in [0.2, 0.25) is 0 Å². The maximum atomic E-state index is 11.1. The molecule has 1 N–H and O–H groups in total. The highest BCUT2D eigenvalue weighted by molar-refractivity contribution is 7.08. The van der Waals surface area contributed by atoms with E-state index in [1.54, 1.807) is 30.6 Å². The largest absolute Gasteiger partial charge is 0.478 e. The average Bonchev–Trinajstić information content (AvgIpc) is 2.80. The summed E-state index contributed by atoms with van der Waals surface area (Å²) in [5.74, 6) is -0.928. The molecule has 80 valence electrons. The molecule has 0 bridgehead atoms. The summed E-state index contributed by atoms with van der Waals surface area (Å²) in [5.41, 5.74) is 1.79. The van der Waals surface area contributed by atoms with Crippen molar-refractivity contribution >= 4 is 29.0 Å². The summed E-state index contributed by atoms with van der Waals surface area (Å²) in [5, 5.41) is 12.8. The van der Waals surface area contributed by atoms with Crippen LogP contribution in [0.3, 0.4) is 0 Å². The van der Waals surface area contributed by atoms with E-state index in [1.807, 2.05) is 16.8 Å². The van der Waals surface area contributed by atoms with Gasteiger partial charge < -0.3 is 5.11 Å². The van der Waals surface area contributed by atoms with Crippen molar-refractivity contribution in [2.24, 2.45) is 0 Å². The van der Waals surface area contributed by atoms with Gasteiger partial charge in [0.1, 0.15) is 0 Å². The minimum atomic E-state index is -0.928. The van der Waals surface area contributed by atoms with Crippen LogP contribution in [-0.2, 0) is 4.79 Å². The molecule has 16 heavy (non-hydrogen) atoms. The Hall–Kier alpha value is -1.94. The molecular weight excluding hydrogens is 222 g/mol. The Kier molecular flexibility index (Phi) is 3.12. The standard InChI is InChI=1S/C12H9NO2S/c14-12(15)11(10-3-5-16-8-10)6-9-2-1-4-13-7-9/h1-8H,(H,14,15)/b11-6+. The van der Waals surface area contributed by atoms with E-state index in [9.17, 15) is 4.79 Å². The zero-order valence-electron chi connectivity index (χ0n) is 8.33. The van der Waals surface area contributed by atoms with Crippen molar-refractivity contribution in [3.63, 3.8) is 0 Å². The van der Waals surface area contributed by atoms with Gasteiger partial charge in [0.15, 0.2) is 0 Å². The van der Waals surface area contributed by atoms with Crippen molar-refractivity contribution in [2.75, 3.05) is 0 Å². The van der Waals surface area contributed by atoms with Gasteiger partial charge in [-0.3, -0.25) is 4.98 Å². The Morgan fingerprint density at radius 3 is 2.88 bits per heavy atom. The molecule has 0 aliphatic carbocycles. The predicted octanol–water partition coefficient (Wildman–Crippen LogP) is 2.77. The third-order valence-electron chi connectivity index (χ3n) is 2.06. The lowest BCUT2D eigenvalue weighted by Crippen LogP contribution is -1.98. The molecule has 2 rings (SSSR count). The summed E-state index contributed by atoms with van der Waals surface area (Å²) in [6, 6.07) is 5.39. The van der Waals surface area contributed by atoms with Crippen molar-refractivity contribution in [3.8, 4) is 0 Å². The highest BCUT2D eigenvalue weighted by Gasteiger charge is 2.10. The van der Waals surface area contributed by atoms with Crippen LogP contribution in [0, 0.1) is 0 Å². The van der Waals surface area contributed by atoms with E-state index in [2.05, 4.69) is 4.98 Å². The number of thiophene rings is 1. The highest BCUT2D eigenvalue weighted by Crippen LogP contribution is 2.20. The van der Waals surface area contributed by atoms with Crippen molar-refractivity contribution in [1.29, 1.82) is 0 Å². The lowest BCUT2D eigenvalue weighted by Gasteiger charge is -1.99. The molecule has 2 aromatic rings. The quantitative estimate of drug-likeness (QED) is 0.826. The van der Waals surface area contributed by atoms with E-state index >= 15 is 0 Å². The molecular formula is C12H9NO2S. The topological polar surface area (TPSA) is 50.2 Å². The molecule has 0 radical (unpaired) electrons. The summed E-state index contributed by atoms with van der Waals surface area (Å²) < 4.78 is 0. The number of hydrogen-bond donors (Lipinski definition) is 1. The number of aromatic nitrogens is 1. The van der Waals surface area contributed by atoms with Crippen LogP contribution in [-0.4, -0.2) is 16.1 Å². The lowest BCUT2D eigenvalue weighted by atomic mass is 10.1. The van der Waals surface area contributed by atoms with E-state index < -0.39 is 5.97 Å². The highest BCUT2D eigenvalue weighted by atomic mass is 32.1. The summed E-state index contributed by atoms with van der Waals surface area (Å²) >= 11 is 1.48. The maximum absolute atomic E-state index is 11.1. The fraction of sp³-hybridized carbons (Fsp3) is 0. The SMILES string of the molecule is O=C(O)/C(=C/c1cccnc1)c1ccsc1. The smallest absolute Gasteiger partial charge is 0.336 e. The second kappa shape index (κ2) is 4.72. The Balaban J connectivity index is 2.42. The van der Waals surface area contributed by atoms with Crippen LogP contribution >= 0.6 is 11.3 Å². The molecule has 0 aromatic carbocycles. The third kappa shape index (κ3) is 2.35. The Morgan fingerprint density at radius 2 is 2.31 bits per heavy atom. The maximum Gasteiger partial charge on any atom is 0.336 e. The van der Waals surface area contributed by atoms with Crippen LogP contribution in [0.5, 0.6) is 0 Å². The first-order chi connectivity index (χ1) is 7.77. The second-order valence-corrected chi connectivity index (χ2v) is 3.94. The number of carboxylic acids is 1. The first kappa shape index (κ1) is 10.6. The van der Waals surface area contributed by atoms with Gasteiger partial charge in [0.05, 0.1) is 5.57 Å². The summed E-state index contributed by atoms with van der Waals surface area (Å²) in [6.07, 6.45) is 4.91. The number of carboxylic acid groups (broad SMARTS) is 1. The van der Waals surface area contributed by atoms with Crippen molar-refractivity contribution < 1.29 is 9.90 Å². The normalized spacial score (nSPS) is 11.4. The van der Waals surface area contributed by atoms with Crippen molar-refractivity contribution in [1.82, 2.24) is 4.98 Å². The van der Waals surface area contributed by atoms with E-state index in [1.165, 1.54) is 11.3 Å². The number of hydrogen-bond acceptors (Lipinski definition) is 3. The molecule has 0 atom stereocenters. The van der Waals surface area contributed by atoms with Crippen LogP contribution in [0.4, 0.5) is 0 Å². The molecule has 0 amide bonds. The van der Waals surface area contributed by atoms with Gasteiger partial charge in [-0.05, 0) is 40.1 Å². The molecule has 0 unspecified atom stereocenters. The molecule has 0 saturated carbocycles. The zero-order chi connectivity index (χ0) is 11.4. The van der Waals surface area contributed by atoms with Crippen molar-refractivity contribution in [3.05, 3.63) is 52.5 Å². The van der Waals surface area contributed by atoms with Crippen LogP contribution in [0.2, 0.25) is 0 Å². The minimum absolute atomic E-state index is 0.286. The summed E-state index contributed by atoms with van der Waals surface area (Å²) in [6.45, 7) is 0. The fourth-order valence-electron chi connectivity index (χ4n) is 1.31. The molecule has 0 saturated heterocycles. The first-order valence-corrected chi connectivity index (χ1v) is 5.59. The molecule has 0 fully saturated rings. The molecule has 2 heterocycles. The molecule has 0 aliphatic heterocycles. The van der Waals surface area contributed by atoms with Crippen LogP contribution in [0.15, 0.2) is 41.4 Å². The van der Waals surface area contributed by atoms with Gasteiger partial charge in [-0.15, -0.1) is 0 Å². The third-order valence-corrected chi connectivity index (χ3v) is 2.74. The van der Waals surface area contributed by atoms with E-state index in [4.69, 9.17) is 5.11 Å². The summed E-state index contributed by atoms with van der Waals surface area (Å²) in [7, 11) is 0. The van der Waals surface area contributed by atoms with Gasteiger partial charge in [-0.1, -0.05) is 6.07 Å².